The maximum absolute atomic E-state index is 12.9. The first-order valence-electron chi connectivity index (χ1n) is 6.82. The molecule has 0 fully saturated rings. The van der Waals surface area contributed by atoms with Crippen LogP contribution in [0, 0.1) is 0 Å². The van der Waals surface area contributed by atoms with E-state index >= 15 is 0 Å². The summed E-state index contributed by atoms with van der Waals surface area (Å²) in [6.45, 7) is 2.32. The van der Waals surface area contributed by atoms with Crippen LogP contribution in [0.5, 0.6) is 0 Å². The lowest BCUT2D eigenvalue weighted by Crippen LogP contribution is -2.36. The Labute approximate surface area is 132 Å². The van der Waals surface area contributed by atoms with Crippen LogP contribution in [0.15, 0.2) is 54.0 Å². The second kappa shape index (κ2) is 6.48. The van der Waals surface area contributed by atoms with Gasteiger partial charge in [-0.05, 0) is 41.4 Å². The molecule has 7 heteroatoms. The highest BCUT2D eigenvalue weighted by molar-refractivity contribution is 7.07. The first kappa shape index (κ1) is 14.4. The predicted octanol–water partition coefficient (Wildman–Crippen LogP) is 2.53. The van der Waals surface area contributed by atoms with Gasteiger partial charge in [0.15, 0.2) is 0 Å². The first-order chi connectivity index (χ1) is 10.8. The minimum atomic E-state index is -0.429. The number of aromatic nitrogens is 4. The third kappa shape index (κ3) is 3.04. The second-order valence-corrected chi connectivity index (χ2v) is 5.60. The van der Waals surface area contributed by atoms with Gasteiger partial charge in [0.2, 0.25) is 0 Å². The molecule has 0 saturated heterocycles. The van der Waals surface area contributed by atoms with Crippen LogP contribution in [-0.4, -0.2) is 25.7 Å². The van der Waals surface area contributed by atoms with Gasteiger partial charge < -0.3 is 4.90 Å². The van der Waals surface area contributed by atoms with E-state index < -0.39 is 6.04 Å². The highest BCUT2D eigenvalue weighted by atomic mass is 32.1. The summed E-state index contributed by atoms with van der Waals surface area (Å²) in [6.07, 6.45) is 6.36. The fraction of sp³-hybridized carbons (Fsp3) is 0.200. The van der Waals surface area contributed by atoms with Crippen molar-refractivity contribution in [1.29, 1.82) is 0 Å². The Bertz CT molecular complexity index is 712. The molecule has 22 heavy (non-hydrogen) atoms. The van der Waals surface area contributed by atoms with Crippen LogP contribution in [0.3, 0.4) is 0 Å². The topological polar surface area (TPSA) is 63.9 Å². The molecule has 3 heterocycles. The molecular formula is C15H15N5OS. The maximum atomic E-state index is 12.9. The van der Waals surface area contributed by atoms with E-state index in [0.717, 1.165) is 11.3 Å². The van der Waals surface area contributed by atoms with Crippen LogP contribution in [0.1, 0.15) is 18.5 Å². The molecule has 3 aromatic rings. The number of pyridine rings is 1. The fourth-order valence-electron chi connectivity index (χ4n) is 2.13. The summed E-state index contributed by atoms with van der Waals surface area (Å²) in [7, 11) is 0. The summed E-state index contributed by atoms with van der Waals surface area (Å²) in [4.78, 5) is 22.6. The summed E-state index contributed by atoms with van der Waals surface area (Å²) in [6, 6.07) is 5.29. The highest BCUT2D eigenvalue weighted by Crippen LogP contribution is 2.21. The van der Waals surface area contributed by atoms with E-state index in [9.17, 15) is 4.79 Å². The van der Waals surface area contributed by atoms with Crippen molar-refractivity contribution in [1.82, 2.24) is 19.7 Å². The van der Waals surface area contributed by atoms with Crippen LogP contribution < -0.4 is 4.90 Å². The molecule has 0 radical (unpaired) electrons. The molecule has 0 N–H and O–H groups in total. The number of carbonyl (C=O) groups excluding carboxylic acids is 1. The van der Waals surface area contributed by atoms with Crippen LogP contribution in [0.25, 0.3) is 0 Å². The molecule has 3 rings (SSSR count). The first-order valence-corrected chi connectivity index (χ1v) is 7.76. The van der Waals surface area contributed by atoms with Crippen LogP contribution in [-0.2, 0) is 11.3 Å². The molecule has 112 valence electrons. The van der Waals surface area contributed by atoms with Gasteiger partial charge >= 0.3 is 0 Å². The van der Waals surface area contributed by atoms with E-state index in [4.69, 9.17) is 0 Å². The number of nitrogens with zero attached hydrogens (tertiary/aromatic N) is 5. The van der Waals surface area contributed by atoms with E-state index in [1.807, 2.05) is 35.9 Å². The molecule has 0 spiro atoms. The monoisotopic (exact) mass is 313 g/mol. The lowest BCUT2D eigenvalue weighted by molar-refractivity contribution is -0.121. The fourth-order valence-corrected chi connectivity index (χ4v) is 2.79. The van der Waals surface area contributed by atoms with Gasteiger partial charge in [0, 0.05) is 6.20 Å². The van der Waals surface area contributed by atoms with Gasteiger partial charge in [0.25, 0.3) is 5.91 Å². The minimum absolute atomic E-state index is 0.0512. The SMILES string of the molecule is CC(C(=O)N(Cc1ccsc1)c1cccnc1)n1cncn1. The standard InChI is InChI=1S/C15H15N5OS/c1-12(20-11-17-10-18-20)15(21)19(8-13-4-6-22-9-13)14-3-2-5-16-7-14/h2-7,9-12H,8H2,1H3. The molecule has 0 aliphatic rings. The average Bonchev–Trinajstić information content (AvgIpc) is 3.25. The van der Waals surface area contributed by atoms with Crippen molar-refractivity contribution in [3.8, 4) is 0 Å². The number of hydrogen-bond acceptors (Lipinski definition) is 5. The van der Waals surface area contributed by atoms with Crippen LogP contribution in [0.4, 0.5) is 5.69 Å². The molecule has 0 saturated carbocycles. The summed E-state index contributed by atoms with van der Waals surface area (Å²) in [5.74, 6) is -0.0512. The number of thiophene rings is 1. The Morgan fingerprint density at radius 1 is 1.41 bits per heavy atom. The smallest absolute Gasteiger partial charge is 0.251 e. The number of hydrogen-bond donors (Lipinski definition) is 0. The molecule has 1 unspecified atom stereocenters. The van der Waals surface area contributed by atoms with Gasteiger partial charge in [-0.1, -0.05) is 0 Å². The number of rotatable bonds is 5. The average molecular weight is 313 g/mol. The molecule has 6 nitrogen and oxygen atoms in total. The molecule has 1 atom stereocenters. The largest absolute Gasteiger partial charge is 0.305 e. The molecule has 3 aromatic heterocycles. The number of carbonyl (C=O) groups is 1. The van der Waals surface area contributed by atoms with Crippen LogP contribution in [0.2, 0.25) is 0 Å². The highest BCUT2D eigenvalue weighted by Gasteiger charge is 2.24. The van der Waals surface area contributed by atoms with E-state index in [2.05, 4.69) is 15.1 Å². The zero-order valence-corrected chi connectivity index (χ0v) is 12.8. The normalized spacial score (nSPS) is 12.0. The Hall–Kier alpha value is -2.54. The molecular weight excluding hydrogens is 298 g/mol. The Morgan fingerprint density at radius 2 is 2.32 bits per heavy atom. The summed E-state index contributed by atoms with van der Waals surface area (Å²) in [5, 5.41) is 8.10. The Kier molecular flexibility index (Phi) is 4.24. The van der Waals surface area contributed by atoms with E-state index in [-0.39, 0.29) is 5.91 Å². The zero-order chi connectivity index (χ0) is 15.4. The van der Waals surface area contributed by atoms with Gasteiger partial charge in [-0.15, -0.1) is 0 Å². The summed E-state index contributed by atoms with van der Waals surface area (Å²) >= 11 is 1.61. The van der Waals surface area contributed by atoms with E-state index in [1.54, 1.807) is 39.6 Å². The van der Waals surface area contributed by atoms with Crippen molar-refractivity contribution in [3.63, 3.8) is 0 Å². The zero-order valence-electron chi connectivity index (χ0n) is 12.0. The maximum Gasteiger partial charge on any atom is 0.251 e. The van der Waals surface area contributed by atoms with Gasteiger partial charge in [-0.2, -0.15) is 16.4 Å². The van der Waals surface area contributed by atoms with Crippen LogP contribution >= 0.6 is 11.3 Å². The lowest BCUT2D eigenvalue weighted by atomic mass is 10.2. The molecule has 0 aliphatic carbocycles. The van der Waals surface area contributed by atoms with Crippen molar-refractivity contribution >= 4 is 22.9 Å². The Morgan fingerprint density at radius 3 is 2.95 bits per heavy atom. The van der Waals surface area contributed by atoms with Gasteiger partial charge in [-0.3, -0.25) is 9.78 Å². The predicted molar refractivity (Wildman–Crippen MR) is 84.5 cm³/mol. The van der Waals surface area contributed by atoms with Gasteiger partial charge in [0.05, 0.1) is 18.4 Å². The minimum Gasteiger partial charge on any atom is -0.305 e. The Balaban J connectivity index is 1.89. The number of amides is 1. The summed E-state index contributed by atoms with van der Waals surface area (Å²) in [5.41, 5.74) is 1.86. The van der Waals surface area contributed by atoms with E-state index in [0.29, 0.717) is 6.54 Å². The van der Waals surface area contributed by atoms with Crippen molar-refractivity contribution in [3.05, 3.63) is 59.6 Å². The molecule has 1 amide bonds. The van der Waals surface area contributed by atoms with Crippen molar-refractivity contribution < 1.29 is 4.79 Å². The molecule has 0 bridgehead atoms. The van der Waals surface area contributed by atoms with E-state index in [1.165, 1.54) is 6.33 Å². The third-order valence-electron chi connectivity index (χ3n) is 3.34. The van der Waals surface area contributed by atoms with Gasteiger partial charge in [0.1, 0.15) is 18.7 Å². The summed E-state index contributed by atoms with van der Waals surface area (Å²) < 4.78 is 1.55. The lowest BCUT2D eigenvalue weighted by Gasteiger charge is -2.25. The van der Waals surface area contributed by atoms with Crippen molar-refractivity contribution in [2.75, 3.05) is 4.90 Å². The second-order valence-electron chi connectivity index (χ2n) is 4.82. The van der Waals surface area contributed by atoms with Crippen molar-refractivity contribution in [2.24, 2.45) is 0 Å². The molecule has 0 aliphatic heterocycles. The van der Waals surface area contributed by atoms with Gasteiger partial charge in [-0.25, -0.2) is 9.67 Å². The molecule has 0 aromatic carbocycles. The number of anilines is 1. The third-order valence-corrected chi connectivity index (χ3v) is 4.07. The van der Waals surface area contributed by atoms with Crippen molar-refractivity contribution in [2.45, 2.75) is 19.5 Å². The quantitative estimate of drug-likeness (QED) is 0.726.